The zero-order valence-electron chi connectivity index (χ0n) is 20.4. The Morgan fingerprint density at radius 2 is 1.65 bits per heavy atom. The first-order valence-electron chi connectivity index (χ1n) is 12.6. The number of amides is 2. The molecule has 2 N–H and O–H groups in total. The standard InChI is InChI=1S/C30H29FN4O2/c31-24-12-10-21(11-13-24)20-35(30(37)27-15-14-26(34-27)22-6-2-1-3-7-22)28(23-16-18-32-19-17-23)29(36)33-25-8-4-5-9-25/h1-3,6-7,10-19,25,28,34H,4-5,8-9,20H2,(H,33,36)/t28-/m0/s1. The van der Waals surface area contributed by atoms with Crippen molar-refractivity contribution < 1.29 is 14.0 Å². The Bertz CT molecular complexity index is 1330. The fraction of sp³-hybridized carbons (Fsp3) is 0.233. The normalized spacial score (nSPS) is 14.3. The van der Waals surface area contributed by atoms with Crippen molar-refractivity contribution in [3.8, 4) is 11.3 Å². The lowest BCUT2D eigenvalue weighted by Gasteiger charge is -2.32. The van der Waals surface area contributed by atoms with Crippen LogP contribution in [-0.2, 0) is 11.3 Å². The lowest BCUT2D eigenvalue weighted by Crippen LogP contribution is -2.46. The van der Waals surface area contributed by atoms with Crippen LogP contribution in [0.25, 0.3) is 11.3 Å². The number of H-pyrrole nitrogens is 1. The van der Waals surface area contributed by atoms with Gasteiger partial charge >= 0.3 is 0 Å². The lowest BCUT2D eigenvalue weighted by atomic mass is 10.0. The highest BCUT2D eigenvalue weighted by Gasteiger charge is 2.34. The molecule has 1 aliphatic rings. The molecule has 1 aliphatic carbocycles. The Kier molecular flexibility index (Phi) is 7.40. The molecule has 0 unspecified atom stereocenters. The van der Waals surface area contributed by atoms with E-state index in [4.69, 9.17) is 0 Å². The van der Waals surface area contributed by atoms with Gasteiger partial charge in [0.25, 0.3) is 5.91 Å². The van der Waals surface area contributed by atoms with Crippen molar-refractivity contribution in [3.05, 3.63) is 114 Å². The monoisotopic (exact) mass is 496 g/mol. The fourth-order valence-electron chi connectivity index (χ4n) is 4.90. The molecule has 0 saturated heterocycles. The largest absolute Gasteiger partial charge is 0.351 e. The van der Waals surface area contributed by atoms with Crippen LogP contribution in [0.2, 0.25) is 0 Å². The maximum atomic E-state index is 14.0. The van der Waals surface area contributed by atoms with Crippen LogP contribution >= 0.6 is 0 Å². The number of nitrogens with one attached hydrogen (secondary N) is 2. The SMILES string of the molecule is O=C(NC1CCCC1)[C@H](c1ccncc1)N(Cc1ccc(F)cc1)C(=O)c1ccc(-c2ccccc2)[nH]1. The average Bonchev–Trinajstić information content (AvgIpc) is 3.63. The summed E-state index contributed by atoms with van der Waals surface area (Å²) in [7, 11) is 0. The third-order valence-electron chi connectivity index (χ3n) is 6.81. The summed E-state index contributed by atoms with van der Waals surface area (Å²) in [5.41, 5.74) is 3.51. The molecular weight excluding hydrogens is 467 g/mol. The Hall–Kier alpha value is -4.26. The number of rotatable bonds is 8. The number of benzene rings is 2. The van der Waals surface area contributed by atoms with Gasteiger partial charge in [-0.1, -0.05) is 55.3 Å². The van der Waals surface area contributed by atoms with Crippen molar-refractivity contribution in [2.75, 3.05) is 0 Å². The first kappa shape index (κ1) is 24.4. The summed E-state index contributed by atoms with van der Waals surface area (Å²) in [5.74, 6) is -0.915. The van der Waals surface area contributed by atoms with Crippen LogP contribution in [0.1, 0.15) is 53.3 Å². The van der Waals surface area contributed by atoms with E-state index in [1.54, 1.807) is 47.6 Å². The average molecular weight is 497 g/mol. The summed E-state index contributed by atoms with van der Waals surface area (Å²) in [5, 5.41) is 3.17. The number of nitrogens with zero attached hydrogens (tertiary/aromatic N) is 2. The van der Waals surface area contributed by atoms with Crippen LogP contribution in [-0.4, -0.2) is 32.7 Å². The first-order chi connectivity index (χ1) is 18.1. The molecule has 5 rings (SSSR count). The number of halogens is 1. The van der Waals surface area contributed by atoms with Gasteiger partial charge in [-0.15, -0.1) is 0 Å². The molecule has 2 amide bonds. The van der Waals surface area contributed by atoms with Gasteiger partial charge in [0.2, 0.25) is 5.91 Å². The Morgan fingerprint density at radius 1 is 0.946 bits per heavy atom. The first-order valence-corrected chi connectivity index (χ1v) is 12.6. The topological polar surface area (TPSA) is 78.1 Å². The van der Waals surface area contributed by atoms with Gasteiger partial charge in [-0.2, -0.15) is 0 Å². The van der Waals surface area contributed by atoms with E-state index in [1.807, 2.05) is 36.4 Å². The molecule has 4 aromatic rings. The van der Waals surface area contributed by atoms with Gasteiger partial charge in [-0.3, -0.25) is 14.6 Å². The van der Waals surface area contributed by atoms with Gasteiger partial charge < -0.3 is 15.2 Å². The molecule has 2 heterocycles. The van der Waals surface area contributed by atoms with Gasteiger partial charge in [0, 0.05) is 30.7 Å². The molecule has 1 atom stereocenters. The summed E-state index contributed by atoms with van der Waals surface area (Å²) in [6.07, 6.45) is 7.25. The van der Waals surface area contributed by atoms with E-state index in [0.717, 1.165) is 42.5 Å². The zero-order chi connectivity index (χ0) is 25.6. The Labute approximate surface area is 215 Å². The smallest absolute Gasteiger partial charge is 0.271 e. The highest BCUT2D eigenvalue weighted by molar-refractivity contribution is 5.97. The molecule has 2 aromatic heterocycles. The number of carbonyl (C=O) groups is 2. The minimum absolute atomic E-state index is 0.0924. The second kappa shape index (κ2) is 11.2. The third-order valence-corrected chi connectivity index (χ3v) is 6.81. The maximum Gasteiger partial charge on any atom is 0.271 e. The van der Waals surface area contributed by atoms with Crippen LogP contribution in [0.5, 0.6) is 0 Å². The van der Waals surface area contributed by atoms with Crippen LogP contribution in [0, 0.1) is 5.82 Å². The van der Waals surface area contributed by atoms with Crippen molar-refractivity contribution in [3.63, 3.8) is 0 Å². The van der Waals surface area contributed by atoms with Crippen LogP contribution < -0.4 is 5.32 Å². The van der Waals surface area contributed by atoms with E-state index in [1.165, 1.54) is 12.1 Å². The molecule has 37 heavy (non-hydrogen) atoms. The van der Waals surface area contributed by atoms with E-state index < -0.39 is 6.04 Å². The van der Waals surface area contributed by atoms with E-state index in [2.05, 4.69) is 15.3 Å². The molecule has 6 nitrogen and oxygen atoms in total. The van der Waals surface area contributed by atoms with Crippen molar-refractivity contribution >= 4 is 11.8 Å². The quantitative estimate of drug-likeness (QED) is 0.331. The highest BCUT2D eigenvalue weighted by atomic mass is 19.1. The van der Waals surface area contributed by atoms with Crippen molar-refractivity contribution in [1.82, 2.24) is 20.2 Å². The van der Waals surface area contributed by atoms with E-state index >= 15 is 0 Å². The highest BCUT2D eigenvalue weighted by Crippen LogP contribution is 2.28. The predicted molar refractivity (Wildman–Crippen MR) is 140 cm³/mol. The maximum absolute atomic E-state index is 14.0. The number of aromatic amines is 1. The summed E-state index contributed by atoms with van der Waals surface area (Å²) in [4.78, 5) is 36.7. The number of hydrogen-bond donors (Lipinski definition) is 2. The van der Waals surface area contributed by atoms with Crippen molar-refractivity contribution in [2.45, 2.75) is 44.3 Å². The van der Waals surface area contributed by atoms with E-state index in [-0.39, 0.29) is 30.2 Å². The Morgan fingerprint density at radius 3 is 2.35 bits per heavy atom. The molecule has 188 valence electrons. The van der Waals surface area contributed by atoms with Crippen molar-refractivity contribution in [2.24, 2.45) is 0 Å². The summed E-state index contributed by atoms with van der Waals surface area (Å²) in [6, 6.07) is 22.1. The second-order valence-corrected chi connectivity index (χ2v) is 9.38. The molecule has 0 spiro atoms. The zero-order valence-corrected chi connectivity index (χ0v) is 20.4. The fourth-order valence-corrected chi connectivity index (χ4v) is 4.90. The predicted octanol–water partition coefficient (Wildman–Crippen LogP) is 5.66. The van der Waals surface area contributed by atoms with Crippen molar-refractivity contribution in [1.29, 1.82) is 0 Å². The molecule has 0 aliphatic heterocycles. The minimum Gasteiger partial charge on any atom is -0.351 e. The van der Waals surface area contributed by atoms with Gasteiger partial charge in [-0.25, -0.2) is 4.39 Å². The molecule has 7 heteroatoms. The summed E-state index contributed by atoms with van der Waals surface area (Å²) < 4.78 is 13.6. The van der Waals surface area contributed by atoms with Gasteiger partial charge in [-0.05, 0) is 65.9 Å². The third kappa shape index (κ3) is 5.77. The second-order valence-electron chi connectivity index (χ2n) is 9.38. The molecule has 1 saturated carbocycles. The van der Waals surface area contributed by atoms with Crippen LogP contribution in [0.15, 0.2) is 91.3 Å². The molecule has 1 fully saturated rings. The Balaban J connectivity index is 1.52. The number of aromatic nitrogens is 2. The number of pyridine rings is 1. The number of hydrogen-bond acceptors (Lipinski definition) is 3. The van der Waals surface area contributed by atoms with E-state index in [9.17, 15) is 14.0 Å². The summed E-state index contributed by atoms with van der Waals surface area (Å²) >= 11 is 0. The lowest BCUT2D eigenvalue weighted by molar-refractivity contribution is -0.126. The van der Waals surface area contributed by atoms with Gasteiger partial charge in [0.15, 0.2) is 0 Å². The van der Waals surface area contributed by atoms with Crippen LogP contribution in [0.3, 0.4) is 0 Å². The molecular formula is C30H29FN4O2. The molecule has 0 bridgehead atoms. The molecule has 0 radical (unpaired) electrons. The van der Waals surface area contributed by atoms with E-state index in [0.29, 0.717) is 11.3 Å². The van der Waals surface area contributed by atoms with Crippen LogP contribution in [0.4, 0.5) is 4.39 Å². The summed E-state index contributed by atoms with van der Waals surface area (Å²) in [6.45, 7) is 0.129. The minimum atomic E-state index is -0.885. The number of carbonyl (C=O) groups excluding carboxylic acids is 2. The van der Waals surface area contributed by atoms with Gasteiger partial charge in [0.1, 0.15) is 17.6 Å². The molecule has 2 aromatic carbocycles. The van der Waals surface area contributed by atoms with Gasteiger partial charge in [0.05, 0.1) is 0 Å².